The molecule has 129 valence electrons. The monoisotopic (exact) mass is 424 g/mol. The van der Waals surface area contributed by atoms with E-state index in [1.54, 1.807) is 11.3 Å². The minimum absolute atomic E-state index is 0.00361. The van der Waals surface area contributed by atoms with Crippen LogP contribution in [-0.4, -0.2) is 20.6 Å². The van der Waals surface area contributed by atoms with E-state index in [1.807, 2.05) is 0 Å². The number of halogens is 1. The van der Waals surface area contributed by atoms with Crippen molar-refractivity contribution in [2.75, 3.05) is 6.61 Å². The summed E-state index contributed by atoms with van der Waals surface area (Å²) in [7, 11) is -0.754. The van der Waals surface area contributed by atoms with E-state index in [-0.39, 0.29) is 5.41 Å². The summed E-state index contributed by atoms with van der Waals surface area (Å²) in [5, 5.41) is 0. The summed E-state index contributed by atoms with van der Waals surface area (Å²) in [6, 6.07) is 4.37. The van der Waals surface area contributed by atoms with E-state index in [0.717, 1.165) is 27.3 Å². The molecule has 0 bridgehead atoms. The molecule has 2 aromatic heterocycles. The van der Waals surface area contributed by atoms with Crippen molar-refractivity contribution >= 4 is 36.3 Å². The number of nitrogens with zero attached hydrogens (tertiary/aromatic N) is 1. The lowest BCUT2D eigenvalue weighted by Crippen LogP contribution is -2.18. The van der Waals surface area contributed by atoms with Crippen molar-refractivity contribution in [2.45, 2.75) is 52.3 Å². The molecule has 0 N–H and O–H groups in total. The Bertz CT molecular complexity index is 752. The Balaban J connectivity index is 2.14. The first-order chi connectivity index (χ1) is 11.3. The van der Waals surface area contributed by atoms with E-state index in [4.69, 9.17) is 14.1 Å². The van der Waals surface area contributed by atoms with Gasteiger partial charge in [-0.05, 0) is 57.7 Å². The van der Waals surface area contributed by atoms with E-state index < -0.39 is 9.04 Å². The van der Waals surface area contributed by atoms with Gasteiger partial charge in [0.2, 0.25) is 9.04 Å². The lowest BCUT2D eigenvalue weighted by molar-refractivity contribution is 0.302. The fourth-order valence-corrected chi connectivity index (χ4v) is 4.95. The number of rotatable bonds is 3. The second-order valence-electron chi connectivity index (χ2n) is 7.28. The van der Waals surface area contributed by atoms with Crippen molar-refractivity contribution in [1.82, 2.24) is 4.98 Å². The highest BCUT2D eigenvalue weighted by atomic mass is 79.9. The molecular weight excluding hydrogens is 402 g/mol. The SMILES string of the molecule is C[Si](C)OCc1nc2c(cc1C(C)(C)C)OCCc1cc(Br)sc1-2. The molecule has 3 rings (SSSR count). The first-order valence-electron chi connectivity index (χ1n) is 8.14. The Morgan fingerprint density at radius 1 is 1.33 bits per heavy atom. The number of pyridine rings is 1. The summed E-state index contributed by atoms with van der Waals surface area (Å²) < 4.78 is 13.2. The largest absolute Gasteiger partial charge is 0.491 e. The molecule has 0 fully saturated rings. The van der Waals surface area contributed by atoms with Crippen molar-refractivity contribution in [1.29, 1.82) is 0 Å². The molecule has 0 saturated carbocycles. The van der Waals surface area contributed by atoms with Crippen LogP contribution in [0.5, 0.6) is 5.75 Å². The number of hydrogen-bond donors (Lipinski definition) is 0. The molecule has 0 spiro atoms. The summed E-state index contributed by atoms with van der Waals surface area (Å²) >= 11 is 5.35. The summed E-state index contributed by atoms with van der Waals surface area (Å²) in [5.41, 5.74) is 4.52. The number of hydrogen-bond acceptors (Lipinski definition) is 4. The van der Waals surface area contributed by atoms with Crippen LogP contribution in [0.15, 0.2) is 15.9 Å². The van der Waals surface area contributed by atoms with Gasteiger partial charge in [-0.1, -0.05) is 20.8 Å². The van der Waals surface area contributed by atoms with Crippen molar-refractivity contribution in [3.8, 4) is 16.3 Å². The molecular formula is C18H23BrNO2SSi. The minimum Gasteiger partial charge on any atom is -0.491 e. The molecule has 3 heterocycles. The van der Waals surface area contributed by atoms with Crippen molar-refractivity contribution in [2.24, 2.45) is 0 Å². The van der Waals surface area contributed by atoms with Gasteiger partial charge in [-0.25, -0.2) is 4.98 Å². The number of fused-ring (bicyclic) bond motifs is 3. The number of thiophene rings is 1. The lowest BCUT2D eigenvalue weighted by atomic mass is 9.85. The molecule has 0 saturated heterocycles. The van der Waals surface area contributed by atoms with Crippen molar-refractivity contribution in [3.63, 3.8) is 0 Å². The van der Waals surface area contributed by atoms with Gasteiger partial charge in [-0.2, -0.15) is 0 Å². The second kappa shape index (κ2) is 6.90. The Labute approximate surface area is 158 Å². The zero-order valence-corrected chi connectivity index (χ0v) is 18.2. The lowest BCUT2D eigenvalue weighted by Gasteiger charge is -2.24. The van der Waals surface area contributed by atoms with E-state index in [9.17, 15) is 0 Å². The molecule has 24 heavy (non-hydrogen) atoms. The van der Waals surface area contributed by atoms with Crippen LogP contribution < -0.4 is 4.74 Å². The van der Waals surface area contributed by atoms with E-state index >= 15 is 0 Å². The predicted molar refractivity (Wildman–Crippen MR) is 105 cm³/mol. The first kappa shape index (κ1) is 18.1. The fourth-order valence-electron chi connectivity index (χ4n) is 2.83. The van der Waals surface area contributed by atoms with Crippen LogP contribution >= 0.6 is 27.3 Å². The second-order valence-corrected chi connectivity index (χ2v) is 11.8. The molecule has 6 heteroatoms. The zero-order chi connectivity index (χ0) is 17.5. The van der Waals surface area contributed by atoms with Crippen LogP contribution in [0, 0.1) is 0 Å². The summed E-state index contributed by atoms with van der Waals surface area (Å²) in [4.78, 5) is 6.24. The average Bonchev–Trinajstić information content (AvgIpc) is 2.77. The summed E-state index contributed by atoms with van der Waals surface area (Å²) in [6.07, 6.45) is 0.918. The molecule has 1 aliphatic heterocycles. The predicted octanol–water partition coefficient (Wildman–Crippen LogP) is 5.57. The normalized spacial score (nSPS) is 14.1. The maximum absolute atomic E-state index is 6.04. The summed E-state index contributed by atoms with van der Waals surface area (Å²) in [5.74, 6) is 0.898. The maximum Gasteiger partial charge on any atom is 0.205 e. The van der Waals surface area contributed by atoms with Gasteiger partial charge in [0.1, 0.15) is 11.4 Å². The standard InChI is InChI=1S/C18H23BrNO2SSi/c1-18(2,3)12-9-14-16(20-13(12)10-22-24(4)5)17-11(6-7-21-14)8-15(19)23-17/h8-9H,6-7,10H2,1-5H3. The van der Waals surface area contributed by atoms with Crippen LogP contribution in [0.4, 0.5) is 0 Å². The van der Waals surface area contributed by atoms with Gasteiger partial charge in [0.05, 0.1) is 27.6 Å². The van der Waals surface area contributed by atoms with Crippen molar-refractivity contribution in [3.05, 3.63) is 32.7 Å². The summed E-state index contributed by atoms with van der Waals surface area (Å²) in [6.45, 7) is 12.2. The van der Waals surface area contributed by atoms with Gasteiger partial charge < -0.3 is 9.16 Å². The number of aromatic nitrogens is 1. The van der Waals surface area contributed by atoms with Crippen LogP contribution in [0.25, 0.3) is 10.6 Å². The smallest absolute Gasteiger partial charge is 0.205 e. The zero-order valence-electron chi connectivity index (χ0n) is 14.8. The van der Waals surface area contributed by atoms with Gasteiger partial charge in [0.15, 0.2) is 0 Å². The molecule has 1 radical (unpaired) electrons. The third kappa shape index (κ3) is 3.77. The highest BCUT2D eigenvalue weighted by molar-refractivity contribution is 9.11. The van der Waals surface area contributed by atoms with Crippen LogP contribution in [0.3, 0.4) is 0 Å². The Kier molecular flexibility index (Phi) is 5.21. The van der Waals surface area contributed by atoms with Crippen LogP contribution in [0.2, 0.25) is 13.1 Å². The highest BCUT2D eigenvalue weighted by Gasteiger charge is 2.26. The van der Waals surface area contributed by atoms with Gasteiger partial charge in [0.25, 0.3) is 0 Å². The Morgan fingerprint density at radius 2 is 2.08 bits per heavy atom. The third-order valence-corrected chi connectivity index (χ3v) is 6.40. The van der Waals surface area contributed by atoms with Gasteiger partial charge in [-0.3, -0.25) is 0 Å². The molecule has 0 amide bonds. The molecule has 0 aliphatic carbocycles. The molecule has 0 aromatic carbocycles. The molecule has 0 atom stereocenters. The van der Waals surface area contributed by atoms with Crippen LogP contribution in [0.1, 0.15) is 37.6 Å². The molecule has 2 aromatic rings. The molecule has 1 aliphatic rings. The van der Waals surface area contributed by atoms with Gasteiger partial charge in [-0.15, -0.1) is 11.3 Å². The van der Waals surface area contributed by atoms with Crippen molar-refractivity contribution < 1.29 is 9.16 Å². The average molecular weight is 425 g/mol. The van der Waals surface area contributed by atoms with E-state index in [1.165, 1.54) is 16.0 Å². The number of ether oxygens (including phenoxy) is 1. The molecule has 0 unspecified atom stereocenters. The Hall–Kier alpha value is -0.693. The quantitative estimate of drug-likeness (QED) is 0.603. The first-order valence-corrected chi connectivity index (χ1v) is 12.2. The minimum atomic E-state index is -0.754. The highest BCUT2D eigenvalue weighted by Crippen LogP contribution is 2.43. The molecule has 3 nitrogen and oxygen atoms in total. The maximum atomic E-state index is 6.04. The Morgan fingerprint density at radius 3 is 2.75 bits per heavy atom. The van der Waals surface area contributed by atoms with Gasteiger partial charge in [0, 0.05) is 6.42 Å². The van der Waals surface area contributed by atoms with E-state index in [0.29, 0.717) is 13.2 Å². The fraction of sp³-hybridized carbons (Fsp3) is 0.500. The topological polar surface area (TPSA) is 31.4 Å². The third-order valence-electron chi connectivity index (χ3n) is 4.00. The van der Waals surface area contributed by atoms with Gasteiger partial charge >= 0.3 is 0 Å². The van der Waals surface area contributed by atoms with Crippen LogP contribution in [-0.2, 0) is 22.9 Å². The van der Waals surface area contributed by atoms with E-state index in [2.05, 4.69) is 61.9 Å².